The fourth-order valence-corrected chi connectivity index (χ4v) is 2.01. The van der Waals surface area contributed by atoms with Gasteiger partial charge < -0.3 is 15.8 Å². The first-order valence-electron chi connectivity index (χ1n) is 6.13. The van der Waals surface area contributed by atoms with E-state index in [9.17, 15) is 9.59 Å². The largest absolute Gasteiger partial charge is 0.452 e. The van der Waals surface area contributed by atoms with Gasteiger partial charge in [-0.3, -0.25) is 4.79 Å². The first kappa shape index (κ1) is 15.1. The van der Waals surface area contributed by atoms with Gasteiger partial charge in [0.1, 0.15) is 0 Å². The van der Waals surface area contributed by atoms with Crippen molar-refractivity contribution >= 4 is 39.2 Å². The van der Waals surface area contributed by atoms with Crippen LogP contribution in [0.1, 0.15) is 10.4 Å². The Labute approximate surface area is 130 Å². The Morgan fingerprint density at radius 1 is 1.14 bits per heavy atom. The summed E-state index contributed by atoms with van der Waals surface area (Å²) in [6.45, 7) is -0.366. The molecule has 0 radical (unpaired) electrons. The molecular formula is C15H13BrN2O3. The third-order valence-electron chi connectivity index (χ3n) is 2.60. The lowest BCUT2D eigenvalue weighted by molar-refractivity contribution is -0.119. The molecule has 0 heterocycles. The van der Waals surface area contributed by atoms with E-state index in [1.165, 1.54) is 6.07 Å². The smallest absolute Gasteiger partial charge is 0.338 e. The van der Waals surface area contributed by atoms with E-state index in [1.807, 2.05) is 6.07 Å². The number of hydrogen-bond acceptors (Lipinski definition) is 4. The maximum atomic E-state index is 11.8. The van der Waals surface area contributed by atoms with Crippen molar-refractivity contribution in [3.63, 3.8) is 0 Å². The van der Waals surface area contributed by atoms with E-state index in [4.69, 9.17) is 10.5 Å². The number of hydrogen-bond donors (Lipinski definition) is 2. The fourth-order valence-electron chi connectivity index (χ4n) is 1.63. The minimum Gasteiger partial charge on any atom is -0.452 e. The topological polar surface area (TPSA) is 81.4 Å². The van der Waals surface area contributed by atoms with Gasteiger partial charge in [-0.2, -0.15) is 0 Å². The minimum absolute atomic E-state index is 0.309. The molecule has 0 saturated carbocycles. The summed E-state index contributed by atoms with van der Waals surface area (Å²) in [7, 11) is 0. The lowest BCUT2D eigenvalue weighted by Gasteiger charge is -2.08. The van der Waals surface area contributed by atoms with Crippen LogP contribution in [-0.4, -0.2) is 18.5 Å². The normalized spacial score (nSPS) is 9.95. The predicted molar refractivity (Wildman–Crippen MR) is 83.9 cm³/mol. The number of amides is 1. The van der Waals surface area contributed by atoms with Gasteiger partial charge in [-0.1, -0.05) is 18.2 Å². The molecular weight excluding hydrogens is 336 g/mol. The van der Waals surface area contributed by atoms with Gasteiger partial charge in [0.05, 0.1) is 11.3 Å². The molecule has 0 saturated heterocycles. The van der Waals surface area contributed by atoms with E-state index < -0.39 is 11.9 Å². The van der Waals surface area contributed by atoms with Crippen molar-refractivity contribution in [1.82, 2.24) is 0 Å². The number of nitrogen functional groups attached to an aromatic ring is 1. The summed E-state index contributed by atoms with van der Waals surface area (Å²) in [6.07, 6.45) is 0. The molecule has 0 aromatic heterocycles. The van der Waals surface area contributed by atoms with Crippen LogP contribution in [0.5, 0.6) is 0 Å². The average molecular weight is 349 g/mol. The SMILES string of the molecule is Nc1cccc(C(=O)OCC(=O)Nc2ccccc2Br)c1. The molecule has 2 rings (SSSR count). The number of anilines is 2. The van der Waals surface area contributed by atoms with Gasteiger partial charge in [0.15, 0.2) is 6.61 Å². The molecule has 0 fully saturated rings. The van der Waals surface area contributed by atoms with E-state index in [1.54, 1.807) is 36.4 Å². The summed E-state index contributed by atoms with van der Waals surface area (Å²) in [4.78, 5) is 23.5. The van der Waals surface area contributed by atoms with Crippen LogP contribution in [-0.2, 0) is 9.53 Å². The van der Waals surface area contributed by atoms with Gasteiger partial charge in [-0.05, 0) is 46.3 Å². The zero-order valence-corrected chi connectivity index (χ0v) is 12.6. The van der Waals surface area contributed by atoms with Crippen LogP contribution in [0.15, 0.2) is 53.0 Å². The molecule has 0 atom stereocenters. The van der Waals surface area contributed by atoms with Crippen LogP contribution < -0.4 is 11.1 Å². The zero-order chi connectivity index (χ0) is 15.2. The lowest BCUT2D eigenvalue weighted by atomic mass is 10.2. The van der Waals surface area contributed by atoms with Gasteiger partial charge in [0.25, 0.3) is 5.91 Å². The third-order valence-corrected chi connectivity index (χ3v) is 3.30. The Bertz CT molecular complexity index is 673. The van der Waals surface area contributed by atoms with Crippen LogP contribution in [0, 0.1) is 0 Å². The van der Waals surface area contributed by atoms with E-state index in [-0.39, 0.29) is 6.61 Å². The molecule has 0 aliphatic heterocycles. The maximum Gasteiger partial charge on any atom is 0.338 e. The van der Waals surface area contributed by atoms with Crippen molar-refractivity contribution in [3.8, 4) is 0 Å². The Hall–Kier alpha value is -2.34. The second-order valence-corrected chi connectivity index (χ2v) is 5.08. The van der Waals surface area contributed by atoms with Crippen LogP contribution in [0.2, 0.25) is 0 Å². The van der Waals surface area contributed by atoms with E-state index >= 15 is 0 Å². The summed E-state index contributed by atoms with van der Waals surface area (Å²) in [5, 5.41) is 2.64. The van der Waals surface area contributed by atoms with Crippen molar-refractivity contribution in [3.05, 3.63) is 58.6 Å². The highest BCUT2D eigenvalue weighted by atomic mass is 79.9. The van der Waals surface area contributed by atoms with E-state index in [0.29, 0.717) is 16.9 Å². The van der Waals surface area contributed by atoms with Gasteiger partial charge >= 0.3 is 5.97 Å². The number of halogens is 1. The molecule has 1 amide bonds. The Morgan fingerprint density at radius 3 is 2.62 bits per heavy atom. The van der Waals surface area contributed by atoms with Crippen molar-refractivity contribution in [2.24, 2.45) is 0 Å². The van der Waals surface area contributed by atoms with Crippen LogP contribution >= 0.6 is 15.9 Å². The fraction of sp³-hybridized carbons (Fsp3) is 0.0667. The van der Waals surface area contributed by atoms with Crippen LogP contribution in [0.25, 0.3) is 0 Å². The molecule has 108 valence electrons. The number of ether oxygens (including phenoxy) is 1. The highest BCUT2D eigenvalue weighted by Gasteiger charge is 2.11. The number of para-hydroxylation sites is 1. The van der Waals surface area contributed by atoms with Gasteiger partial charge in [-0.15, -0.1) is 0 Å². The summed E-state index contributed by atoms with van der Waals surface area (Å²) in [6, 6.07) is 13.5. The molecule has 21 heavy (non-hydrogen) atoms. The Balaban J connectivity index is 1.90. The number of benzene rings is 2. The minimum atomic E-state index is -0.593. The quantitative estimate of drug-likeness (QED) is 0.657. The van der Waals surface area contributed by atoms with Gasteiger partial charge in [-0.25, -0.2) is 4.79 Å². The summed E-state index contributed by atoms with van der Waals surface area (Å²) in [5.41, 5.74) is 6.96. The second-order valence-electron chi connectivity index (χ2n) is 4.23. The van der Waals surface area contributed by atoms with Crippen molar-refractivity contribution in [2.75, 3.05) is 17.7 Å². The first-order valence-corrected chi connectivity index (χ1v) is 6.92. The number of nitrogens with one attached hydrogen (secondary N) is 1. The molecule has 0 aliphatic carbocycles. The zero-order valence-electron chi connectivity index (χ0n) is 11.0. The van der Waals surface area contributed by atoms with Gasteiger partial charge in [0, 0.05) is 10.2 Å². The second kappa shape index (κ2) is 6.90. The molecule has 0 spiro atoms. The van der Waals surface area contributed by atoms with E-state index in [0.717, 1.165) is 4.47 Å². The van der Waals surface area contributed by atoms with Crippen molar-refractivity contribution in [1.29, 1.82) is 0 Å². The first-order chi connectivity index (χ1) is 10.1. The summed E-state index contributed by atoms with van der Waals surface area (Å²) < 4.78 is 5.69. The molecule has 0 unspecified atom stereocenters. The predicted octanol–water partition coefficient (Wildman–Crippen LogP) is 2.83. The Kier molecular flexibility index (Phi) is 4.94. The Morgan fingerprint density at radius 2 is 1.90 bits per heavy atom. The molecule has 2 aromatic carbocycles. The maximum absolute atomic E-state index is 11.8. The molecule has 3 N–H and O–H groups in total. The van der Waals surface area contributed by atoms with Gasteiger partial charge in [0.2, 0.25) is 0 Å². The molecule has 2 aromatic rings. The number of esters is 1. The number of carbonyl (C=O) groups excluding carboxylic acids is 2. The number of nitrogens with two attached hydrogens (primary N) is 1. The molecule has 5 nitrogen and oxygen atoms in total. The van der Waals surface area contributed by atoms with E-state index in [2.05, 4.69) is 21.2 Å². The molecule has 6 heteroatoms. The van der Waals surface area contributed by atoms with Crippen molar-refractivity contribution in [2.45, 2.75) is 0 Å². The number of carbonyl (C=O) groups is 2. The molecule has 0 bridgehead atoms. The third kappa shape index (κ3) is 4.32. The monoisotopic (exact) mass is 348 g/mol. The molecule has 0 aliphatic rings. The van der Waals surface area contributed by atoms with Crippen LogP contribution in [0.3, 0.4) is 0 Å². The lowest BCUT2D eigenvalue weighted by Crippen LogP contribution is -2.21. The summed E-state index contributed by atoms with van der Waals surface area (Å²) >= 11 is 3.31. The highest BCUT2D eigenvalue weighted by Crippen LogP contribution is 2.20. The van der Waals surface area contributed by atoms with Crippen molar-refractivity contribution < 1.29 is 14.3 Å². The highest BCUT2D eigenvalue weighted by molar-refractivity contribution is 9.10. The number of rotatable bonds is 4. The van der Waals surface area contributed by atoms with Crippen LogP contribution in [0.4, 0.5) is 11.4 Å². The standard InChI is InChI=1S/C15H13BrN2O3/c16-12-6-1-2-7-13(12)18-14(19)9-21-15(20)10-4-3-5-11(17)8-10/h1-8H,9,17H2,(H,18,19). The average Bonchev–Trinajstić information content (AvgIpc) is 2.47. The summed E-state index contributed by atoms with van der Waals surface area (Å²) in [5.74, 6) is -1.01.